The van der Waals surface area contributed by atoms with Crippen molar-refractivity contribution in [2.24, 2.45) is 0 Å². The predicted molar refractivity (Wildman–Crippen MR) is 146 cm³/mol. The summed E-state index contributed by atoms with van der Waals surface area (Å²) in [6, 6.07) is 7.06. The summed E-state index contributed by atoms with van der Waals surface area (Å²) in [6.07, 6.45) is 7.05. The number of likely N-dealkylation sites (N-methyl/N-ethyl adjacent to an activating group) is 1. The number of amides is 1. The summed E-state index contributed by atoms with van der Waals surface area (Å²) in [5.74, 6) is 0.335. The summed E-state index contributed by atoms with van der Waals surface area (Å²) in [5.41, 5.74) is 3.44. The van der Waals surface area contributed by atoms with Crippen LogP contribution < -0.4 is 10.6 Å². The van der Waals surface area contributed by atoms with Crippen LogP contribution in [0.4, 0.5) is 21.8 Å². The molecule has 1 aromatic carbocycles. The van der Waals surface area contributed by atoms with E-state index in [4.69, 9.17) is 4.98 Å². The Labute approximate surface area is 218 Å². The first kappa shape index (κ1) is 25.1. The lowest BCUT2D eigenvalue weighted by atomic mass is 10.1. The summed E-state index contributed by atoms with van der Waals surface area (Å²) in [6.45, 7) is 5.88. The van der Waals surface area contributed by atoms with Crippen LogP contribution in [0.5, 0.6) is 0 Å². The molecule has 192 valence electrons. The molecule has 5 rings (SSSR count). The average Bonchev–Trinajstić information content (AvgIpc) is 3.33. The zero-order valence-corrected chi connectivity index (χ0v) is 21.8. The summed E-state index contributed by atoms with van der Waals surface area (Å²) >= 11 is 1.34. The number of hydrogen-bond acceptors (Lipinski definition) is 8. The first-order valence-corrected chi connectivity index (χ1v) is 13.3. The highest BCUT2D eigenvalue weighted by atomic mass is 32.2. The lowest BCUT2D eigenvalue weighted by Gasteiger charge is -2.31. The number of thioether (sulfide) groups is 1. The first-order chi connectivity index (χ1) is 17.9. The standard InChI is InChI=1S/C26H29FN8OS/c1-16-13-30-26(31-19-5-4-6-20(37-3)22(19)27)33-23(16)18-14-29-24-17(18)7-8-28-25(24)32-21(36)15-35-11-9-34(2)10-12-35/h4-8,13-14,29H,9-12,15H2,1-3H3,(H,28,32,36)(H,30,31,33). The number of carbonyl (C=O) groups is 1. The quantitative estimate of drug-likeness (QED) is 0.313. The van der Waals surface area contributed by atoms with E-state index in [1.807, 2.05) is 25.4 Å². The number of rotatable bonds is 7. The van der Waals surface area contributed by atoms with Crippen molar-refractivity contribution in [3.63, 3.8) is 0 Å². The van der Waals surface area contributed by atoms with Crippen molar-refractivity contribution >= 4 is 46.0 Å². The van der Waals surface area contributed by atoms with E-state index in [1.165, 1.54) is 11.8 Å². The van der Waals surface area contributed by atoms with Crippen LogP contribution in [0.1, 0.15) is 5.56 Å². The van der Waals surface area contributed by atoms with Gasteiger partial charge in [0.05, 0.1) is 23.4 Å². The summed E-state index contributed by atoms with van der Waals surface area (Å²) in [4.78, 5) is 34.4. The number of carbonyl (C=O) groups excluding carboxylic acids is 1. The molecular formula is C26H29FN8OS. The lowest BCUT2D eigenvalue weighted by molar-refractivity contribution is -0.117. The van der Waals surface area contributed by atoms with Crippen molar-refractivity contribution in [1.29, 1.82) is 0 Å². The molecule has 4 aromatic rings. The second kappa shape index (κ2) is 10.8. The van der Waals surface area contributed by atoms with Gasteiger partial charge in [-0.05, 0) is 44.0 Å². The minimum atomic E-state index is -0.337. The van der Waals surface area contributed by atoms with Crippen LogP contribution in [0.15, 0.2) is 47.8 Å². The Hall–Kier alpha value is -3.54. The van der Waals surface area contributed by atoms with Gasteiger partial charge >= 0.3 is 0 Å². The number of H-pyrrole nitrogens is 1. The fourth-order valence-electron chi connectivity index (χ4n) is 4.39. The van der Waals surface area contributed by atoms with Crippen LogP contribution in [-0.2, 0) is 4.79 Å². The highest BCUT2D eigenvalue weighted by Gasteiger charge is 2.19. The Morgan fingerprint density at radius 3 is 2.78 bits per heavy atom. The minimum absolute atomic E-state index is 0.0973. The molecule has 0 saturated carbocycles. The molecule has 37 heavy (non-hydrogen) atoms. The first-order valence-electron chi connectivity index (χ1n) is 12.0. The van der Waals surface area contributed by atoms with Gasteiger partial charge in [0.15, 0.2) is 11.6 Å². The topological polar surface area (TPSA) is 102 Å². The Bertz CT molecular complexity index is 1430. The smallest absolute Gasteiger partial charge is 0.239 e. The molecule has 1 aliphatic rings. The molecule has 9 nitrogen and oxygen atoms in total. The number of hydrogen-bond donors (Lipinski definition) is 3. The predicted octanol–water partition coefficient (Wildman–Crippen LogP) is 4.12. The van der Waals surface area contributed by atoms with E-state index in [9.17, 15) is 9.18 Å². The van der Waals surface area contributed by atoms with Gasteiger partial charge in [-0.25, -0.2) is 19.3 Å². The van der Waals surface area contributed by atoms with Crippen molar-refractivity contribution < 1.29 is 9.18 Å². The SMILES string of the molecule is CSc1cccc(Nc2ncc(C)c(-c3c[nH]c4c(NC(=O)CN5CCN(C)CC5)nccc34)n2)c1F. The molecule has 0 radical (unpaired) electrons. The van der Waals surface area contributed by atoms with Crippen LogP contribution >= 0.6 is 11.8 Å². The fraction of sp³-hybridized carbons (Fsp3) is 0.308. The van der Waals surface area contributed by atoms with E-state index in [1.54, 1.807) is 30.6 Å². The van der Waals surface area contributed by atoms with Crippen LogP contribution in [0.2, 0.25) is 0 Å². The van der Waals surface area contributed by atoms with Gasteiger partial charge in [0.1, 0.15) is 0 Å². The van der Waals surface area contributed by atoms with Crippen molar-refractivity contribution in [2.45, 2.75) is 11.8 Å². The molecule has 4 heterocycles. The van der Waals surface area contributed by atoms with Crippen molar-refractivity contribution in [3.05, 3.63) is 54.2 Å². The maximum atomic E-state index is 14.7. The second-order valence-corrected chi connectivity index (χ2v) is 9.93. The molecule has 0 atom stereocenters. The normalized spacial score (nSPS) is 14.7. The second-order valence-electron chi connectivity index (χ2n) is 9.08. The zero-order chi connectivity index (χ0) is 25.9. The molecule has 1 saturated heterocycles. The van der Waals surface area contributed by atoms with Crippen LogP contribution in [0.3, 0.4) is 0 Å². The van der Waals surface area contributed by atoms with Gasteiger partial charge in [-0.3, -0.25) is 9.69 Å². The van der Waals surface area contributed by atoms with Crippen molar-refractivity contribution in [2.75, 3.05) is 56.7 Å². The van der Waals surface area contributed by atoms with Gasteiger partial charge in [-0.15, -0.1) is 11.8 Å². The summed E-state index contributed by atoms with van der Waals surface area (Å²) < 4.78 is 14.7. The number of fused-ring (bicyclic) bond motifs is 1. The van der Waals surface area contributed by atoms with Crippen LogP contribution in [0, 0.1) is 12.7 Å². The van der Waals surface area contributed by atoms with Crippen molar-refractivity contribution in [1.82, 2.24) is 29.7 Å². The average molecular weight is 521 g/mol. The number of aromatic amines is 1. The van der Waals surface area contributed by atoms with Gasteiger partial charge in [-0.1, -0.05) is 6.07 Å². The van der Waals surface area contributed by atoms with Crippen LogP contribution in [-0.4, -0.2) is 81.7 Å². The number of aromatic nitrogens is 4. The van der Waals surface area contributed by atoms with Gasteiger partial charge < -0.3 is 20.5 Å². The number of aryl methyl sites for hydroxylation is 1. The van der Waals surface area contributed by atoms with E-state index in [-0.39, 0.29) is 11.7 Å². The molecular weight excluding hydrogens is 491 g/mol. The Kier molecular flexibility index (Phi) is 7.36. The molecule has 3 N–H and O–H groups in total. The monoisotopic (exact) mass is 520 g/mol. The largest absolute Gasteiger partial charge is 0.357 e. The maximum Gasteiger partial charge on any atom is 0.239 e. The van der Waals surface area contributed by atoms with E-state index in [0.717, 1.165) is 48.2 Å². The number of benzene rings is 1. The Balaban J connectivity index is 1.39. The van der Waals surface area contributed by atoms with Gasteiger partial charge in [-0.2, -0.15) is 0 Å². The third-order valence-corrected chi connectivity index (χ3v) is 7.23. The Morgan fingerprint density at radius 2 is 2.00 bits per heavy atom. The molecule has 1 fully saturated rings. The molecule has 0 spiro atoms. The minimum Gasteiger partial charge on any atom is -0.357 e. The van der Waals surface area contributed by atoms with Crippen molar-refractivity contribution in [3.8, 4) is 11.3 Å². The van der Waals surface area contributed by atoms with Gasteiger partial charge in [0.2, 0.25) is 11.9 Å². The molecule has 1 aliphatic heterocycles. The maximum absolute atomic E-state index is 14.7. The number of anilines is 3. The molecule has 0 aliphatic carbocycles. The highest BCUT2D eigenvalue weighted by molar-refractivity contribution is 7.98. The number of nitrogens with one attached hydrogen (secondary N) is 3. The summed E-state index contributed by atoms with van der Waals surface area (Å²) in [7, 11) is 2.09. The van der Waals surface area contributed by atoms with E-state index < -0.39 is 0 Å². The Morgan fingerprint density at radius 1 is 1.19 bits per heavy atom. The molecule has 0 unspecified atom stereocenters. The fourth-order valence-corrected chi connectivity index (χ4v) is 4.89. The molecule has 0 bridgehead atoms. The number of nitrogens with zero attached hydrogens (tertiary/aromatic N) is 5. The van der Waals surface area contributed by atoms with E-state index >= 15 is 0 Å². The number of pyridine rings is 1. The van der Waals surface area contributed by atoms with E-state index in [2.05, 4.69) is 42.4 Å². The van der Waals surface area contributed by atoms with Crippen LogP contribution in [0.25, 0.3) is 22.2 Å². The van der Waals surface area contributed by atoms with E-state index in [0.29, 0.717) is 34.6 Å². The third kappa shape index (κ3) is 5.43. The highest BCUT2D eigenvalue weighted by Crippen LogP contribution is 2.33. The van der Waals surface area contributed by atoms with Gasteiger partial charge in [0, 0.05) is 60.6 Å². The number of piperazine rings is 1. The third-order valence-electron chi connectivity index (χ3n) is 6.48. The molecule has 11 heteroatoms. The number of halogens is 1. The molecule has 1 amide bonds. The van der Waals surface area contributed by atoms with Gasteiger partial charge in [0.25, 0.3) is 0 Å². The molecule has 3 aromatic heterocycles. The lowest BCUT2D eigenvalue weighted by Crippen LogP contribution is -2.47. The zero-order valence-electron chi connectivity index (χ0n) is 21.0. The summed E-state index contributed by atoms with van der Waals surface area (Å²) in [5, 5.41) is 6.83.